The number of methoxy groups -OCH3 is 1. The van der Waals surface area contributed by atoms with Gasteiger partial charge in [-0.15, -0.1) is 0 Å². The molecule has 0 amide bonds. The van der Waals surface area contributed by atoms with Gasteiger partial charge in [0, 0.05) is 5.41 Å². The summed E-state index contributed by atoms with van der Waals surface area (Å²) in [6.07, 6.45) is 0.152. The zero-order valence-electron chi connectivity index (χ0n) is 8.68. The molecule has 74 valence electrons. The fraction of sp³-hybridized carbons (Fsp3) is 0.700. The quantitative estimate of drug-likeness (QED) is 0.511. The second-order valence-electron chi connectivity index (χ2n) is 3.91. The third kappa shape index (κ3) is 7.35. The Morgan fingerprint density at radius 2 is 2.08 bits per heavy atom. The molecule has 0 saturated carbocycles. The molecule has 2 N–H and O–H groups in total. The lowest BCUT2D eigenvalue weighted by Crippen LogP contribution is -2.23. The summed E-state index contributed by atoms with van der Waals surface area (Å²) in [5.74, 6) is 5.46. The van der Waals surface area contributed by atoms with Crippen LogP contribution in [0.2, 0.25) is 0 Å². The lowest BCUT2D eigenvalue weighted by molar-refractivity contribution is -0.140. The van der Waals surface area contributed by atoms with E-state index in [1.165, 1.54) is 7.11 Å². The van der Waals surface area contributed by atoms with Crippen LogP contribution in [-0.4, -0.2) is 19.1 Å². The van der Waals surface area contributed by atoms with E-state index in [2.05, 4.69) is 16.6 Å². The van der Waals surface area contributed by atoms with Crippen molar-refractivity contribution in [2.45, 2.75) is 33.2 Å². The Labute approximate surface area is 79.6 Å². The first-order valence-corrected chi connectivity index (χ1v) is 4.20. The van der Waals surface area contributed by atoms with Crippen molar-refractivity contribution in [2.75, 3.05) is 7.11 Å². The van der Waals surface area contributed by atoms with Gasteiger partial charge < -0.3 is 10.5 Å². The van der Waals surface area contributed by atoms with Crippen molar-refractivity contribution < 1.29 is 9.53 Å². The van der Waals surface area contributed by atoms with E-state index in [1.54, 1.807) is 0 Å². The molecule has 0 spiro atoms. The number of ether oxygens (including phenoxy) is 1. The topological polar surface area (TPSA) is 52.3 Å². The van der Waals surface area contributed by atoms with Crippen LogP contribution in [0.15, 0.2) is 0 Å². The molecule has 1 unspecified atom stereocenters. The maximum atomic E-state index is 10.8. The summed E-state index contributed by atoms with van der Waals surface area (Å²) in [6, 6.07) is -0.424. The maximum Gasteiger partial charge on any atom is 0.308 e. The monoisotopic (exact) mass is 183 g/mol. The van der Waals surface area contributed by atoms with E-state index >= 15 is 0 Å². The van der Waals surface area contributed by atoms with Crippen LogP contribution in [0.4, 0.5) is 0 Å². The molecule has 0 fully saturated rings. The summed E-state index contributed by atoms with van der Waals surface area (Å²) < 4.78 is 4.47. The Morgan fingerprint density at radius 3 is 2.46 bits per heavy atom. The Balaban J connectivity index is 4.05. The van der Waals surface area contributed by atoms with Crippen molar-refractivity contribution >= 4 is 5.97 Å². The third-order valence-electron chi connectivity index (χ3n) is 1.25. The second kappa shape index (κ2) is 4.88. The highest BCUT2D eigenvalue weighted by Gasteiger charge is 2.08. The number of hydrogen-bond acceptors (Lipinski definition) is 3. The van der Waals surface area contributed by atoms with Crippen LogP contribution in [0.3, 0.4) is 0 Å². The molecular weight excluding hydrogens is 166 g/mol. The summed E-state index contributed by atoms with van der Waals surface area (Å²) in [5, 5.41) is 0. The molecule has 1 atom stereocenters. The fourth-order valence-corrected chi connectivity index (χ4v) is 0.623. The zero-order chi connectivity index (χ0) is 10.5. The van der Waals surface area contributed by atoms with E-state index in [9.17, 15) is 4.79 Å². The molecule has 0 saturated heterocycles. The second-order valence-corrected chi connectivity index (χ2v) is 3.91. The number of hydrogen-bond donors (Lipinski definition) is 1. The van der Waals surface area contributed by atoms with Crippen LogP contribution >= 0.6 is 0 Å². The molecule has 0 aliphatic heterocycles. The highest BCUT2D eigenvalue weighted by Crippen LogP contribution is 2.09. The van der Waals surface area contributed by atoms with Crippen molar-refractivity contribution in [3.05, 3.63) is 0 Å². The summed E-state index contributed by atoms with van der Waals surface area (Å²) in [4.78, 5) is 10.8. The largest absolute Gasteiger partial charge is 0.469 e. The molecule has 0 bridgehead atoms. The van der Waals surface area contributed by atoms with E-state index in [0.717, 1.165) is 0 Å². The van der Waals surface area contributed by atoms with Gasteiger partial charge >= 0.3 is 5.97 Å². The van der Waals surface area contributed by atoms with Crippen molar-refractivity contribution in [3.63, 3.8) is 0 Å². The molecule has 3 heteroatoms. The van der Waals surface area contributed by atoms with Gasteiger partial charge in [-0.3, -0.25) is 4.79 Å². The average molecular weight is 183 g/mol. The zero-order valence-corrected chi connectivity index (χ0v) is 8.68. The minimum absolute atomic E-state index is 0.0757. The maximum absolute atomic E-state index is 10.8. The highest BCUT2D eigenvalue weighted by atomic mass is 16.5. The third-order valence-corrected chi connectivity index (χ3v) is 1.25. The van der Waals surface area contributed by atoms with Gasteiger partial charge in [-0.2, -0.15) is 0 Å². The van der Waals surface area contributed by atoms with Crippen LogP contribution in [0.25, 0.3) is 0 Å². The first-order chi connectivity index (χ1) is 5.85. The van der Waals surface area contributed by atoms with Crippen LogP contribution in [0.5, 0.6) is 0 Å². The number of carbonyl (C=O) groups is 1. The van der Waals surface area contributed by atoms with Crippen LogP contribution in [-0.2, 0) is 9.53 Å². The minimum Gasteiger partial charge on any atom is -0.469 e. The first-order valence-electron chi connectivity index (χ1n) is 4.20. The van der Waals surface area contributed by atoms with Crippen molar-refractivity contribution in [2.24, 2.45) is 11.1 Å². The van der Waals surface area contributed by atoms with Crippen molar-refractivity contribution in [1.29, 1.82) is 0 Å². The van der Waals surface area contributed by atoms with Crippen molar-refractivity contribution in [3.8, 4) is 11.8 Å². The van der Waals surface area contributed by atoms with E-state index in [1.807, 2.05) is 20.8 Å². The lowest BCUT2D eigenvalue weighted by Gasteiger charge is -2.08. The van der Waals surface area contributed by atoms with Crippen LogP contribution in [0, 0.1) is 17.3 Å². The van der Waals surface area contributed by atoms with Gasteiger partial charge in [-0.05, 0) is 20.8 Å². The molecule has 13 heavy (non-hydrogen) atoms. The van der Waals surface area contributed by atoms with Gasteiger partial charge in [0.25, 0.3) is 0 Å². The molecule has 0 rings (SSSR count). The Bertz CT molecular complexity index is 230. The van der Waals surface area contributed by atoms with Gasteiger partial charge in [-0.1, -0.05) is 11.8 Å². The molecular formula is C10H17NO2. The Hall–Kier alpha value is -1.01. The smallest absolute Gasteiger partial charge is 0.308 e. The number of esters is 1. The summed E-state index contributed by atoms with van der Waals surface area (Å²) >= 11 is 0. The predicted octanol–water partition coefficient (Wildman–Crippen LogP) is 0.926. The summed E-state index contributed by atoms with van der Waals surface area (Å²) in [7, 11) is 1.34. The van der Waals surface area contributed by atoms with Crippen LogP contribution < -0.4 is 5.73 Å². The number of rotatable bonds is 2. The molecule has 0 heterocycles. The standard InChI is InChI=1S/C10H17NO2/c1-10(2,3)6-5-8(11)7-9(12)13-4/h8H,7,11H2,1-4H3. The average Bonchev–Trinajstić information content (AvgIpc) is 1.99. The highest BCUT2D eigenvalue weighted by molar-refractivity contribution is 5.70. The fourth-order valence-electron chi connectivity index (χ4n) is 0.623. The van der Waals surface area contributed by atoms with Crippen LogP contribution in [0.1, 0.15) is 27.2 Å². The van der Waals surface area contributed by atoms with Gasteiger partial charge in [0.1, 0.15) is 0 Å². The van der Waals surface area contributed by atoms with Gasteiger partial charge in [0.15, 0.2) is 0 Å². The minimum atomic E-state index is -0.424. The first kappa shape index (κ1) is 12.0. The van der Waals surface area contributed by atoms with E-state index < -0.39 is 6.04 Å². The predicted molar refractivity (Wildman–Crippen MR) is 51.8 cm³/mol. The number of nitrogens with two attached hydrogens (primary N) is 1. The van der Waals surface area contributed by atoms with E-state index in [0.29, 0.717) is 0 Å². The summed E-state index contributed by atoms with van der Waals surface area (Å²) in [6.45, 7) is 5.97. The molecule has 0 aliphatic rings. The molecule has 0 aromatic heterocycles. The normalized spacial score (nSPS) is 12.7. The van der Waals surface area contributed by atoms with Gasteiger partial charge in [0.05, 0.1) is 19.6 Å². The Kier molecular flexibility index (Phi) is 4.50. The van der Waals surface area contributed by atoms with E-state index in [-0.39, 0.29) is 17.8 Å². The summed E-state index contributed by atoms with van der Waals surface area (Å²) in [5.41, 5.74) is 5.51. The van der Waals surface area contributed by atoms with Gasteiger partial charge in [-0.25, -0.2) is 0 Å². The van der Waals surface area contributed by atoms with E-state index in [4.69, 9.17) is 5.73 Å². The molecule has 0 radical (unpaired) electrons. The molecule has 0 aromatic carbocycles. The SMILES string of the molecule is COC(=O)CC(N)C#CC(C)(C)C. The van der Waals surface area contributed by atoms with Crippen molar-refractivity contribution in [1.82, 2.24) is 0 Å². The number of carbonyl (C=O) groups excluding carboxylic acids is 1. The van der Waals surface area contributed by atoms with Gasteiger partial charge in [0.2, 0.25) is 0 Å². The molecule has 0 aliphatic carbocycles. The molecule has 3 nitrogen and oxygen atoms in total. The molecule has 0 aromatic rings. The lowest BCUT2D eigenvalue weighted by atomic mass is 9.97. The Morgan fingerprint density at radius 1 is 1.54 bits per heavy atom.